The van der Waals surface area contributed by atoms with Gasteiger partial charge in [0.25, 0.3) is 5.91 Å². The van der Waals surface area contributed by atoms with E-state index in [-0.39, 0.29) is 29.2 Å². The van der Waals surface area contributed by atoms with E-state index < -0.39 is 23.0 Å². The molecule has 2 aromatic rings. The molecule has 1 atom stereocenters. The van der Waals surface area contributed by atoms with E-state index in [0.717, 1.165) is 32.1 Å². The van der Waals surface area contributed by atoms with Crippen molar-refractivity contribution < 1.29 is 18.8 Å². The SMILES string of the molecule is CC.CCCCCC(C)(CC)C(=O)N1CCN(C(=O)c2cc(CC(=N)c3ccccc3C(N)=O)ccc2F)CC1. The van der Waals surface area contributed by atoms with Crippen LogP contribution in [-0.2, 0) is 11.2 Å². The minimum atomic E-state index is -0.629. The van der Waals surface area contributed by atoms with E-state index in [9.17, 15) is 18.8 Å². The van der Waals surface area contributed by atoms with Gasteiger partial charge in [-0.2, -0.15) is 0 Å². The lowest BCUT2D eigenvalue weighted by Gasteiger charge is -2.39. The van der Waals surface area contributed by atoms with E-state index in [1.165, 1.54) is 18.2 Å². The van der Waals surface area contributed by atoms with E-state index in [2.05, 4.69) is 6.92 Å². The molecule has 40 heavy (non-hydrogen) atoms. The van der Waals surface area contributed by atoms with Crippen molar-refractivity contribution in [3.63, 3.8) is 0 Å². The molecule has 1 fully saturated rings. The van der Waals surface area contributed by atoms with Gasteiger partial charge < -0.3 is 20.9 Å². The second-order valence-electron chi connectivity index (χ2n) is 10.3. The van der Waals surface area contributed by atoms with Crippen LogP contribution in [0.2, 0.25) is 0 Å². The summed E-state index contributed by atoms with van der Waals surface area (Å²) in [5, 5.41) is 8.48. The molecule has 1 aliphatic rings. The van der Waals surface area contributed by atoms with Crippen molar-refractivity contribution in [2.45, 2.75) is 73.1 Å². The fourth-order valence-corrected chi connectivity index (χ4v) is 4.97. The second kappa shape index (κ2) is 15.3. The molecule has 8 heteroatoms. The van der Waals surface area contributed by atoms with Crippen LogP contribution in [-0.4, -0.2) is 59.4 Å². The predicted molar refractivity (Wildman–Crippen MR) is 158 cm³/mol. The maximum Gasteiger partial charge on any atom is 0.256 e. The van der Waals surface area contributed by atoms with E-state index >= 15 is 0 Å². The summed E-state index contributed by atoms with van der Waals surface area (Å²) >= 11 is 0. The van der Waals surface area contributed by atoms with Crippen molar-refractivity contribution in [1.82, 2.24) is 9.80 Å². The van der Waals surface area contributed by atoms with Crippen LogP contribution >= 0.6 is 0 Å². The first-order valence-corrected chi connectivity index (χ1v) is 14.4. The number of hydrogen-bond acceptors (Lipinski definition) is 4. The summed E-state index contributed by atoms with van der Waals surface area (Å²) in [7, 11) is 0. The van der Waals surface area contributed by atoms with Crippen LogP contribution in [0, 0.1) is 16.6 Å². The highest BCUT2D eigenvalue weighted by Crippen LogP contribution is 2.31. The second-order valence-corrected chi connectivity index (χ2v) is 10.3. The van der Waals surface area contributed by atoms with Gasteiger partial charge in [-0.25, -0.2) is 4.39 Å². The lowest BCUT2D eigenvalue weighted by molar-refractivity contribution is -0.143. The highest BCUT2D eigenvalue weighted by molar-refractivity contribution is 6.09. The molecule has 3 N–H and O–H groups in total. The molecule has 0 radical (unpaired) electrons. The number of nitrogens with one attached hydrogen (secondary N) is 1. The molecule has 1 unspecified atom stereocenters. The summed E-state index contributed by atoms with van der Waals surface area (Å²) in [6, 6.07) is 10.8. The summed E-state index contributed by atoms with van der Waals surface area (Å²) < 4.78 is 14.7. The number of nitrogens with zero attached hydrogens (tertiary/aromatic N) is 2. The molecule has 1 saturated heterocycles. The fraction of sp³-hybridized carbons (Fsp3) is 0.500. The average Bonchev–Trinajstić information content (AvgIpc) is 2.98. The Balaban J connectivity index is 0.00000274. The molecule has 0 bridgehead atoms. The molecule has 1 aliphatic heterocycles. The normalized spacial score (nSPS) is 14.6. The first-order valence-electron chi connectivity index (χ1n) is 14.4. The quantitative estimate of drug-likeness (QED) is 0.270. The molecular weight excluding hydrogens is 507 g/mol. The Kier molecular flexibility index (Phi) is 12.5. The highest BCUT2D eigenvalue weighted by atomic mass is 19.1. The van der Waals surface area contributed by atoms with Crippen LogP contribution in [0.4, 0.5) is 4.39 Å². The van der Waals surface area contributed by atoms with Gasteiger partial charge in [0.2, 0.25) is 11.8 Å². The van der Waals surface area contributed by atoms with Crippen LogP contribution < -0.4 is 5.73 Å². The van der Waals surface area contributed by atoms with Crippen molar-refractivity contribution in [3.8, 4) is 0 Å². The number of primary amides is 1. The number of hydrogen-bond donors (Lipinski definition) is 2. The third kappa shape index (κ3) is 7.99. The summed E-state index contributed by atoms with van der Waals surface area (Å²) in [4.78, 5) is 41.7. The van der Waals surface area contributed by atoms with E-state index in [1.807, 2.05) is 32.6 Å². The van der Waals surface area contributed by atoms with Gasteiger partial charge in [0, 0.05) is 54.9 Å². The summed E-state index contributed by atoms with van der Waals surface area (Å²) in [5.74, 6) is -1.55. The van der Waals surface area contributed by atoms with Gasteiger partial charge in [0.05, 0.1) is 5.56 Å². The van der Waals surface area contributed by atoms with Crippen molar-refractivity contribution >= 4 is 23.4 Å². The number of carbonyl (C=O) groups is 3. The minimum absolute atomic E-state index is 0.0591. The highest BCUT2D eigenvalue weighted by Gasteiger charge is 2.36. The Labute approximate surface area is 238 Å². The number of amides is 3. The van der Waals surface area contributed by atoms with Crippen LogP contribution in [0.25, 0.3) is 0 Å². The number of rotatable bonds is 11. The fourth-order valence-electron chi connectivity index (χ4n) is 4.97. The maximum absolute atomic E-state index is 14.7. The third-order valence-electron chi connectivity index (χ3n) is 7.64. The van der Waals surface area contributed by atoms with Gasteiger partial charge in [-0.3, -0.25) is 14.4 Å². The molecule has 218 valence electrons. The third-order valence-corrected chi connectivity index (χ3v) is 7.64. The molecule has 1 heterocycles. The van der Waals surface area contributed by atoms with Gasteiger partial charge in [0.15, 0.2) is 0 Å². The number of nitrogens with two attached hydrogens (primary N) is 1. The first-order chi connectivity index (χ1) is 19.1. The molecule has 0 aliphatic carbocycles. The lowest BCUT2D eigenvalue weighted by Crippen LogP contribution is -2.54. The number of benzene rings is 2. The monoisotopic (exact) mass is 552 g/mol. The summed E-state index contributed by atoms with van der Waals surface area (Å²) in [6.07, 6.45) is 4.96. The van der Waals surface area contributed by atoms with Crippen molar-refractivity contribution in [3.05, 3.63) is 70.5 Å². The van der Waals surface area contributed by atoms with Crippen molar-refractivity contribution in [2.75, 3.05) is 26.2 Å². The van der Waals surface area contributed by atoms with Gasteiger partial charge in [-0.05, 0) is 36.6 Å². The standard InChI is InChI=1S/C30H39FN4O3.C2H6/c1-4-6-9-14-30(3,5-2)29(38)35-17-15-34(16-18-35)28(37)24-19-21(12-13-25(24)31)20-26(32)22-10-7-8-11-23(22)27(33)36;1-2/h7-8,10-13,19,32H,4-6,9,14-18,20H2,1-3H3,(H2,33,36);1-2H3. The van der Waals surface area contributed by atoms with Crippen LogP contribution in [0.5, 0.6) is 0 Å². The van der Waals surface area contributed by atoms with Gasteiger partial charge in [-0.1, -0.05) is 78.1 Å². The zero-order chi connectivity index (χ0) is 29.9. The predicted octanol–water partition coefficient (Wildman–Crippen LogP) is 5.84. The first kappa shape index (κ1) is 32.7. The Hall–Kier alpha value is -3.55. The van der Waals surface area contributed by atoms with Gasteiger partial charge in [0.1, 0.15) is 5.82 Å². The summed E-state index contributed by atoms with van der Waals surface area (Å²) in [6.45, 7) is 11.7. The number of piperazine rings is 1. The Morgan fingerprint density at radius 3 is 2.10 bits per heavy atom. The van der Waals surface area contributed by atoms with Crippen LogP contribution in [0.3, 0.4) is 0 Å². The van der Waals surface area contributed by atoms with Gasteiger partial charge >= 0.3 is 0 Å². The topological polar surface area (TPSA) is 108 Å². The summed E-state index contributed by atoms with van der Waals surface area (Å²) in [5.41, 5.74) is 6.36. The Morgan fingerprint density at radius 1 is 0.925 bits per heavy atom. The molecular formula is C32H45FN4O3. The molecule has 0 saturated carbocycles. The molecule has 2 aromatic carbocycles. The van der Waals surface area contributed by atoms with Crippen molar-refractivity contribution in [2.24, 2.45) is 11.1 Å². The molecule has 0 aromatic heterocycles. The smallest absolute Gasteiger partial charge is 0.256 e. The number of halogens is 1. The van der Waals surface area contributed by atoms with Gasteiger partial charge in [-0.15, -0.1) is 0 Å². The van der Waals surface area contributed by atoms with Crippen LogP contribution in [0.1, 0.15) is 98.6 Å². The number of unbranched alkanes of at least 4 members (excludes halogenated alkanes) is 2. The van der Waals surface area contributed by atoms with Crippen molar-refractivity contribution in [1.29, 1.82) is 5.41 Å². The molecule has 7 nitrogen and oxygen atoms in total. The lowest BCUT2D eigenvalue weighted by atomic mass is 9.80. The zero-order valence-corrected chi connectivity index (χ0v) is 24.7. The van der Waals surface area contributed by atoms with E-state index in [1.54, 1.807) is 29.2 Å². The van der Waals surface area contributed by atoms with E-state index in [0.29, 0.717) is 37.3 Å². The minimum Gasteiger partial charge on any atom is -0.366 e. The van der Waals surface area contributed by atoms with E-state index in [4.69, 9.17) is 11.1 Å². The average molecular weight is 553 g/mol. The Bertz CT molecular complexity index is 1190. The maximum atomic E-state index is 14.7. The van der Waals surface area contributed by atoms with Crippen LogP contribution in [0.15, 0.2) is 42.5 Å². The molecule has 3 rings (SSSR count). The number of carbonyl (C=O) groups excluding carboxylic acids is 3. The zero-order valence-electron chi connectivity index (χ0n) is 24.7. The molecule has 3 amide bonds. The largest absolute Gasteiger partial charge is 0.366 e. The molecule has 0 spiro atoms. The Morgan fingerprint density at radius 2 is 1.52 bits per heavy atom.